The molecule has 27 heavy (non-hydrogen) atoms. The molecule has 1 rings (SSSR count). The number of nitrogens with zero attached hydrogens (tertiary/aromatic N) is 1. The molecular weight excluding hydrogens is 340 g/mol. The molecule has 1 unspecified atom stereocenters. The number of nitrogens with one attached hydrogen (secondary N) is 1. The minimum atomic E-state index is -0.639. The highest BCUT2D eigenvalue weighted by Gasteiger charge is 2.14. The molecule has 0 bridgehead atoms. The first-order valence-corrected chi connectivity index (χ1v) is 10.1. The number of β-amino-alcohol motifs (C(OH)–C–C–N with tert-alkyl or cyclic N) is 1. The van der Waals surface area contributed by atoms with Gasteiger partial charge in [-0.2, -0.15) is 5.26 Å². The summed E-state index contributed by atoms with van der Waals surface area (Å²) in [7, 11) is 0. The lowest BCUT2D eigenvalue weighted by Crippen LogP contribution is -2.42. The van der Waals surface area contributed by atoms with E-state index in [1.54, 1.807) is 12.1 Å². The molecule has 5 nitrogen and oxygen atoms in total. The lowest BCUT2D eigenvalue weighted by Gasteiger charge is -2.23. The average Bonchev–Trinajstić information content (AvgIpc) is 2.63. The van der Waals surface area contributed by atoms with Gasteiger partial charge < -0.3 is 19.9 Å². The van der Waals surface area contributed by atoms with Crippen LogP contribution in [0.4, 0.5) is 0 Å². The molecule has 0 radical (unpaired) electrons. The van der Waals surface area contributed by atoms with Crippen LogP contribution in [-0.4, -0.2) is 36.5 Å². The molecule has 0 saturated carbocycles. The second-order valence-electron chi connectivity index (χ2n) is 7.98. The number of ether oxygens (including phenoxy) is 2. The third-order valence-electron chi connectivity index (χ3n) is 4.14. The second kappa shape index (κ2) is 12.6. The van der Waals surface area contributed by atoms with E-state index >= 15 is 0 Å². The van der Waals surface area contributed by atoms with Crippen molar-refractivity contribution in [1.82, 2.24) is 5.32 Å². The zero-order valence-corrected chi connectivity index (χ0v) is 17.4. The molecule has 0 aliphatic rings. The Labute approximate surface area is 164 Å². The van der Waals surface area contributed by atoms with Crippen LogP contribution in [0, 0.1) is 11.3 Å². The molecule has 0 amide bonds. The van der Waals surface area contributed by atoms with Gasteiger partial charge in [0.25, 0.3) is 0 Å². The van der Waals surface area contributed by atoms with E-state index in [4.69, 9.17) is 9.47 Å². The maximum absolute atomic E-state index is 10.0. The molecular formula is C22H36N2O3. The normalized spacial score (nSPS) is 12.4. The Morgan fingerprint density at radius 1 is 1.11 bits per heavy atom. The van der Waals surface area contributed by atoms with Crippen LogP contribution in [0.1, 0.15) is 71.8 Å². The summed E-state index contributed by atoms with van der Waals surface area (Å²) in [5.41, 5.74) is 0.361. The first-order valence-electron chi connectivity index (χ1n) is 10.1. The molecule has 1 aromatic carbocycles. The number of aliphatic hydroxyl groups excluding tert-OH is 1. The summed E-state index contributed by atoms with van der Waals surface area (Å²) >= 11 is 0. The number of hydrogen-bond donors (Lipinski definition) is 2. The fourth-order valence-electron chi connectivity index (χ4n) is 2.55. The van der Waals surface area contributed by atoms with Gasteiger partial charge in [0.1, 0.15) is 30.3 Å². The van der Waals surface area contributed by atoms with Gasteiger partial charge in [-0.3, -0.25) is 0 Å². The maximum atomic E-state index is 10.0. The Kier molecular flexibility index (Phi) is 10.8. The zero-order chi connectivity index (χ0) is 20.1. The van der Waals surface area contributed by atoms with Crippen molar-refractivity contribution in [3.8, 4) is 17.6 Å². The summed E-state index contributed by atoms with van der Waals surface area (Å²) in [4.78, 5) is 0. The van der Waals surface area contributed by atoms with E-state index in [-0.39, 0.29) is 12.1 Å². The fraction of sp³-hybridized carbons (Fsp3) is 0.682. The summed E-state index contributed by atoms with van der Waals surface area (Å²) < 4.78 is 11.4. The average molecular weight is 377 g/mol. The van der Waals surface area contributed by atoms with Crippen LogP contribution >= 0.6 is 0 Å². The lowest BCUT2D eigenvalue weighted by molar-refractivity contribution is 0.0999. The van der Waals surface area contributed by atoms with Gasteiger partial charge in [0.2, 0.25) is 0 Å². The summed E-state index contributed by atoms with van der Waals surface area (Å²) in [5.74, 6) is 1.15. The first-order chi connectivity index (χ1) is 12.9. The summed E-state index contributed by atoms with van der Waals surface area (Å²) in [6.45, 7) is 9.57. The van der Waals surface area contributed by atoms with Crippen LogP contribution in [0.5, 0.6) is 11.5 Å². The Bertz CT molecular complexity index is 576. The molecule has 152 valence electrons. The van der Waals surface area contributed by atoms with Crippen molar-refractivity contribution in [3.63, 3.8) is 0 Å². The van der Waals surface area contributed by atoms with Gasteiger partial charge >= 0.3 is 0 Å². The van der Waals surface area contributed by atoms with Gasteiger partial charge in [-0.1, -0.05) is 39.0 Å². The Morgan fingerprint density at radius 3 is 2.48 bits per heavy atom. The minimum absolute atomic E-state index is 0.0617. The third-order valence-corrected chi connectivity index (χ3v) is 4.14. The molecule has 0 aromatic heterocycles. The van der Waals surface area contributed by atoms with Crippen molar-refractivity contribution >= 4 is 0 Å². The van der Waals surface area contributed by atoms with Crippen LogP contribution in [0.25, 0.3) is 0 Å². The maximum Gasteiger partial charge on any atom is 0.137 e. The van der Waals surface area contributed by atoms with E-state index in [0.29, 0.717) is 30.2 Å². The molecule has 0 fully saturated rings. The molecule has 1 atom stereocenters. The van der Waals surface area contributed by atoms with Crippen molar-refractivity contribution in [2.24, 2.45) is 0 Å². The molecule has 5 heteroatoms. The van der Waals surface area contributed by atoms with Crippen molar-refractivity contribution < 1.29 is 14.6 Å². The number of unbranched alkanes of at least 4 members (excludes halogenated alkanes) is 5. The van der Waals surface area contributed by atoms with Crippen molar-refractivity contribution in [2.45, 2.75) is 77.9 Å². The fourth-order valence-corrected chi connectivity index (χ4v) is 2.55. The molecule has 1 aromatic rings. The van der Waals surface area contributed by atoms with E-state index in [1.807, 2.05) is 26.8 Å². The van der Waals surface area contributed by atoms with E-state index in [0.717, 1.165) is 6.42 Å². The van der Waals surface area contributed by atoms with Gasteiger partial charge in [0, 0.05) is 18.2 Å². The van der Waals surface area contributed by atoms with Gasteiger partial charge in [0.05, 0.1) is 12.2 Å². The summed E-state index contributed by atoms with van der Waals surface area (Å²) in [6, 6.07) is 7.39. The van der Waals surface area contributed by atoms with Crippen LogP contribution < -0.4 is 14.8 Å². The highest BCUT2D eigenvalue weighted by molar-refractivity contribution is 5.47. The molecule has 0 saturated heterocycles. The van der Waals surface area contributed by atoms with Gasteiger partial charge in [-0.15, -0.1) is 0 Å². The zero-order valence-electron chi connectivity index (χ0n) is 17.4. The number of nitriles is 1. The van der Waals surface area contributed by atoms with Gasteiger partial charge in [0.15, 0.2) is 0 Å². The summed E-state index contributed by atoms with van der Waals surface area (Å²) in [5, 5.41) is 22.6. The standard InChI is InChI=1S/C22H36N2O3/c1-5-6-7-8-9-10-13-26-20-11-12-21(18(14-20)15-23)27-17-19(25)16-24-22(2,3)4/h11-12,14,19,24-25H,5-10,13,16-17H2,1-4H3. The predicted molar refractivity (Wildman–Crippen MR) is 109 cm³/mol. The number of benzene rings is 1. The predicted octanol–water partition coefficient (Wildman–Crippen LogP) is 4.43. The van der Waals surface area contributed by atoms with Crippen LogP contribution in [-0.2, 0) is 0 Å². The first kappa shape index (κ1) is 23.3. The molecule has 0 aliphatic heterocycles. The smallest absolute Gasteiger partial charge is 0.137 e. The van der Waals surface area contributed by atoms with E-state index in [2.05, 4.69) is 18.3 Å². The topological polar surface area (TPSA) is 74.5 Å². The van der Waals surface area contributed by atoms with Crippen molar-refractivity contribution in [1.29, 1.82) is 5.26 Å². The Hall–Kier alpha value is -1.77. The molecule has 0 heterocycles. The number of hydrogen-bond acceptors (Lipinski definition) is 5. The highest BCUT2D eigenvalue weighted by atomic mass is 16.5. The second-order valence-corrected chi connectivity index (χ2v) is 7.98. The van der Waals surface area contributed by atoms with Crippen molar-refractivity contribution in [2.75, 3.05) is 19.8 Å². The Balaban J connectivity index is 2.40. The van der Waals surface area contributed by atoms with Crippen LogP contribution in [0.2, 0.25) is 0 Å². The molecule has 2 N–H and O–H groups in total. The molecule has 0 spiro atoms. The number of aliphatic hydroxyl groups is 1. The van der Waals surface area contributed by atoms with E-state index in [1.165, 1.54) is 32.1 Å². The van der Waals surface area contributed by atoms with E-state index in [9.17, 15) is 10.4 Å². The number of rotatable bonds is 13. The van der Waals surface area contributed by atoms with Crippen molar-refractivity contribution in [3.05, 3.63) is 23.8 Å². The third kappa shape index (κ3) is 10.8. The molecule has 0 aliphatic carbocycles. The monoisotopic (exact) mass is 376 g/mol. The van der Waals surface area contributed by atoms with Crippen LogP contribution in [0.3, 0.4) is 0 Å². The largest absolute Gasteiger partial charge is 0.494 e. The summed E-state index contributed by atoms with van der Waals surface area (Å²) in [6.07, 6.45) is 6.65. The Morgan fingerprint density at radius 2 is 1.81 bits per heavy atom. The van der Waals surface area contributed by atoms with Gasteiger partial charge in [-0.05, 0) is 39.3 Å². The lowest BCUT2D eigenvalue weighted by atomic mass is 10.1. The minimum Gasteiger partial charge on any atom is -0.494 e. The van der Waals surface area contributed by atoms with Gasteiger partial charge in [-0.25, -0.2) is 0 Å². The highest BCUT2D eigenvalue weighted by Crippen LogP contribution is 2.24. The quantitative estimate of drug-likeness (QED) is 0.498. The SMILES string of the molecule is CCCCCCCCOc1ccc(OCC(O)CNC(C)(C)C)c(C#N)c1. The van der Waals surface area contributed by atoms with E-state index < -0.39 is 6.10 Å². The van der Waals surface area contributed by atoms with Crippen LogP contribution in [0.15, 0.2) is 18.2 Å².